The standard InChI is InChI=1S/C14H17ClN2O/c1-2-17(10-13-4-3-7-18-13)14-6-5-12(15)8-11(14)9-16/h3-8H,2,9-10,16H2,1H3. The molecule has 0 spiro atoms. The van der Waals surface area contributed by atoms with Gasteiger partial charge in [0.2, 0.25) is 0 Å². The predicted molar refractivity (Wildman–Crippen MR) is 74.8 cm³/mol. The van der Waals surface area contributed by atoms with Crippen molar-refractivity contribution in [3.63, 3.8) is 0 Å². The van der Waals surface area contributed by atoms with E-state index in [0.717, 1.165) is 30.1 Å². The van der Waals surface area contributed by atoms with Crippen LogP contribution in [0.3, 0.4) is 0 Å². The van der Waals surface area contributed by atoms with Crippen LogP contribution in [0.2, 0.25) is 5.02 Å². The van der Waals surface area contributed by atoms with E-state index < -0.39 is 0 Å². The molecule has 0 aliphatic carbocycles. The molecule has 4 heteroatoms. The molecule has 0 atom stereocenters. The molecule has 1 aromatic heterocycles. The topological polar surface area (TPSA) is 42.4 Å². The van der Waals surface area contributed by atoms with E-state index in [2.05, 4.69) is 11.8 Å². The summed E-state index contributed by atoms with van der Waals surface area (Å²) in [5.74, 6) is 0.940. The van der Waals surface area contributed by atoms with Gasteiger partial charge in [0.1, 0.15) is 5.76 Å². The van der Waals surface area contributed by atoms with Crippen LogP contribution in [0.5, 0.6) is 0 Å². The molecule has 18 heavy (non-hydrogen) atoms. The summed E-state index contributed by atoms with van der Waals surface area (Å²) in [5.41, 5.74) is 7.94. The molecule has 0 aliphatic heterocycles. The highest BCUT2D eigenvalue weighted by atomic mass is 35.5. The van der Waals surface area contributed by atoms with Gasteiger partial charge in [0, 0.05) is 23.8 Å². The molecule has 0 saturated heterocycles. The van der Waals surface area contributed by atoms with Gasteiger partial charge in [0.25, 0.3) is 0 Å². The molecule has 2 rings (SSSR count). The first-order valence-electron chi connectivity index (χ1n) is 6.00. The van der Waals surface area contributed by atoms with E-state index in [1.807, 2.05) is 30.3 Å². The predicted octanol–water partition coefficient (Wildman–Crippen LogP) is 3.42. The highest BCUT2D eigenvalue weighted by molar-refractivity contribution is 6.30. The lowest BCUT2D eigenvalue weighted by Gasteiger charge is -2.24. The molecule has 2 aromatic rings. The van der Waals surface area contributed by atoms with Gasteiger partial charge in [0.15, 0.2) is 0 Å². The largest absolute Gasteiger partial charge is 0.467 e. The normalized spacial score (nSPS) is 10.6. The highest BCUT2D eigenvalue weighted by Crippen LogP contribution is 2.25. The van der Waals surface area contributed by atoms with Crippen molar-refractivity contribution >= 4 is 17.3 Å². The lowest BCUT2D eigenvalue weighted by Crippen LogP contribution is -2.23. The molecule has 2 N–H and O–H groups in total. The summed E-state index contributed by atoms with van der Waals surface area (Å²) < 4.78 is 5.39. The monoisotopic (exact) mass is 264 g/mol. The molecular weight excluding hydrogens is 248 g/mol. The molecule has 0 amide bonds. The van der Waals surface area contributed by atoms with E-state index in [4.69, 9.17) is 21.8 Å². The van der Waals surface area contributed by atoms with Crippen molar-refractivity contribution in [3.8, 4) is 0 Å². The average molecular weight is 265 g/mol. The fraction of sp³-hybridized carbons (Fsp3) is 0.286. The van der Waals surface area contributed by atoms with Crippen molar-refractivity contribution in [1.29, 1.82) is 0 Å². The molecule has 1 heterocycles. The van der Waals surface area contributed by atoms with Crippen molar-refractivity contribution in [1.82, 2.24) is 0 Å². The van der Waals surface area contributed by atoms with E-state index in [1.165, 1.54) is 0 Å². The number of rotatable bonds is 5. The average Bonchev–Trinajstić information content (AvgIpc) is 2.89. The number of anilines is 1. The summed E-state index contributed by atoms with van der Waals surface area (Å²) in [6, 6.07) is 9.69. The van der Waals surface area contributed by atoms with Gasteiger partial charge in [0.05, 0.1) is 12.8 Å². The molecule has 0 aliphatic rings. The lowest BCUT2D eigenvalue weighted by molar-refractivity contribution is 0.503. The number of benzene rings is 1. The van der Waals surface area contributed by atoms with E-state index in [1.54, 1.807) is 6.26 Å². The van der Waals surface area contributed by atoms with Gasteiger partial charge in [-0.1, -0.05) is 11.6 Å². The van der Waals surface area contributed by atoms with Gasteiger partial charge in [-0.05, 0) is 42.8 Å². The second-order valence-corrected chi connectivity index (χ2v) is 4.51. The molecule has 3 nitrogen and oxygen atoms in total. The van der Waals surface area contributed by atoms with Crippen LogP contribution >= 0.6 is 11.6 Å². The minimum atomic E-state index is 0.477. The summed E-state index contributed by atoms with van der Waals surface area (Å²) in [5, 5.41) is 0.716. The molecule has 1 aromatic carbocycles. The van der Waals surface area contributed by atoms with Crippen LogP contribution in [0.4, 0.5) is 5.69 Å². The summed E-state index contributed by atoms with van der Waals surface area (Å²) in [4.78, 5) is 2.22. The zero-order chi connectivity index (χ0) is 13.0. The van der Waals surface area contributed by atoms with E-state index in [9.17, 15) is 0 Å². The number of furan rings is 1. The quantitative estimate of drug-likeness (QED) is 0.900. The van der Waals surface area contributed by atoms with E-state index in [-0.39, 0.29) is 0 Å². The lowest BCUT2D eigenvalue weighted by atomic mass is 10.1. The first-order valence-corrected chi connectivity index (χ1v) is 6.38. The van der Waals surface area contributed by atoms with Crippen molar-refractivity contribution < 1.29 is 4.42 Å². The van der Waals surface area contributed by atoms with Crippen molar-refractivity contribution in [2.24, 2.45) is 5.73 Å². The summed E-state index contributed by atoms with van der Waals surface area (Å²) in [6.07, 6.45) is 1.69. The second-order valence-electron chi connectivity index (χ2n) is 4.07. The van der Waals surface area contributed by atoms with E-state index >= 15 is 0 Å². The minimum Gasteiger partial charge on any atom is -0.467 e. The zero-order valence-corrected chi connectivity index (χ0v) is 11.2. The Morgan fingerprint density at radius 2 is 2.17 bits per heavy atom. The van der Waals surface area contributed by atoms with Crippen molar-refractivity contribution in [3.05, 3.63) is 52.9 Å². The second kappa shape index (κ2) is 5.94. The summed E-state index contributed by atoms with van der Waals surface area (Å²) >= 11 is 5.99. The van der Waals surface area contributed by atoms with Gasteiger partial charge in [-0.15, -0.1) is 0 Å². The molecule has 0 bridgehead atoms. The van der Waals surface area contributed by atoms with Crippen molar-refractivity contribution in [2.45, 2.75) is 20.0 Å². The Morgan fingerprint density at radius 3 is 2.78 bits per heavy atom. The molecule has 0 saturated carbocycles. The number of nitrogens with two attached hydrogens (primary N) is 1. The number of halogens is 1. The van der Waals surface area contributed by atoms with Crippen LogP contribution < -0.4 is 10.6 Å². The third kappa shape index (κ3) is 2.86. The van der Waals surface area contributed by atoms with Gasteiger partial charge in [-0.25, -0.2) is 0 Å². The summed E-state index contributed by atoms with van der Waals surface area (Å²) in [6.45, 7) is 4.20. The third-order valence-corrected chi connectivity index (χ3v) is 3.15. The van der Waals surface area contributed by atoms with E-state index in [0.29, 0.717) is 11.6 Å². The minimum absolute atomic E-state index is 0.477. The maximum absolute atomic E-state index is 5.99. The van der Waals surface area contributed by atoms with Crippen LogP contribution in [0.15, 0.2) is 41.0 Å². The maximum atomic E-state index is 5.99. The first-order chi connectivity index (χ1) is 8.74. The fourth-order valence-corrected chi connectivity index (χ4v) is 2.18. The number of nitrogens with zero attached hydrogens (tertiary/aromatic N) is 1. The zero-order valence-electron chi connectivity index (χ0n) is 10.4. The maximum Gasteiger partial charge on any atom is 0.123 e. The van der Waals surface area contributed by atoms with Crippen LogP contribution in [0, 0.1) is 0 Å². The Labute approximate surface area is 112 Å². The number of hydrogen-bond acceptors (Lipinski definition) is 3. The third-order valence-electron chi connectivity index (χ3n) is 2.91. The van der Waals surface area contributed by atoms with Gasteiger partial charge >= 0.3 is 0 Å². The first kappa shape index (κ1) is 13.0. The van der Waals surface area contributed by atoms with Crippen molar-refractivity contribution in [2.75, 3.05) is 11.4 Å². The fourth-order valence-electron chi connectivity index (χ4n) is 1.98. The molecule has 0 radical (unpaired) electrons. The van der Waals surface area contributed by atoms with Crippen LogP contribution in [0.25, 0.3) is 0 Å². The Balaban J connectivity index is 2.26. The molecular formula is C14H17ClN2O. The molecule has 96 valence electrons. The van der Waals surface area contributed by atoms with Crippen LogP contribution in [-0.2, 0) is 13.1 Å². The Morgan fingerprint density at radius 1 is 1.33 bits per heavy atom. The summed E-state index contributed by atoms with van der Waals surface area (Å²) in [7, 11) is 0. The van der Waals surface area contributed by atoms with Gasteiger partial charge in [-0.2, -0.15) is 0 Å². The van der Waals surface area contributed by atoms with Gasteiger partial charge < -0.3 is 15.1 Å². The highest BCUT2D eigenvalue weighted by Gasteiger charge is 2.11. The Kier molecular flexibility index (Phi) is 4.28. The Bertz CT molecular complexity index is 497. The molecule has 0 unspecified atom stereocenters. The Hall–Kier alpha value is -1.45. The number of hydrogen-bond donors (Lipinski definition) is 1. The van der Waals surface area contributed by atoms with Crippen LogP contribution in [0.1, 0.15) is 18.2 Å². The SMILES string of the molecule is CCN(Cc1ccco1)c1ccc(Cl)cc1CN. The molecule has 0 fully saturated rings. The smallest absolute Gasteiger partial charge is 0.123 e. The van der Waals surface area contributed by atoms with Gasteiger partial charge in [-0.3, -0.25) is 0 Å². The van der Waals surface area contributed by atoms with Crippen LogP contribution in [-0.4, -0.2) is 6.54 Å².